The van der Waals surface area contributed by atoms with Gasteiger partial charge in [-0.3, -0.25) is 0 Å². The molecule has 0 atom stereocenters. The van der Waals surface area contributed by atoms with Gasteiger partial charge in [-0.05, 0) is 74.6 Å². The lowest BCUT2D eigenvalue weighted by Gasteiger charge is -2.14. The van der Waals surface area contributed by atoms with Gasteiger partial charge in [0.05, 0.1) is 17.2 Å². The third-order valence-electron chi connectivity index (χ3n) is 8.49. The Morgan fingerprint density at radius 2 is 1.27 bits per heavy atom. The number of rotatable bonds is 2. The summed E-state index contributed by atoms with van der Waals surface area (Å²) >= 11 is 0. The van der Waals surface area contributed by atoms with Crippen molar-refractivity contribution in [2.75, 3.05) is 0 Å². The van der Waals surface area contributed by atoms with Crippen molar-refractivity contribution in [3.05, 3.63) is 127 Å². The fourth-order valence-electron chi connectivity index (χ4n) is 6.53. The summed E-state index contributed by atoms with van der Waals surface area (Å²) in [5.74, 6) is 0. The molecule has 2 heterocycles. The molecule has 0 bridgehead atoms. The van der Waals surface area contributed by atoms with Gasteiger partial charge in [0.15, 0.2) is 6.20 Å². The van der Waals surface area contributed by atoms with Gasteiger partial charge in [-0.2, -0.15) is 5.26 Å². The minimum atomic E-state index is 0.602. The lowest BCUT2D eigenvalue weighted by atomic mass is 9.88. The van der Waals surface area contributed by atoms with Gasteiger partial charge in [0.2, 0.25) is 5.69 Å². The second kappa shape index (κ2) is 8.78. The Kier molecular flexibility index (Phi) is 5.01. The maximum absolute atomic E-state index is 10.4. The zero-order valence-corrected chi connectivity index (χ0v) is 22.8. The highest BCUT2D eigenvalue weighted by Crippen LogP contribution is 2.45. The first kappa shape index (κ1) is 23.4. The number of nitrogens with zero attached hydrogens (tertiary/aromatic N) is 2. The number of aryl methyl sites for hydroxylation is 2. The minimum Gasteiger partial charge on any atom is -0.454 e. The highest BCUT2D eigenvalue weighted by atomic mass is 16.3. The van der Waals surface area contributed by atoms with Crippen LogP contribution in [0.1, 0.15) is 11.1 Å². The van der Waals surface area contributed by atoms with E-state index in [0.717, 1.165) is 60.7 Å². The number of aromatic nitrogens is 1. The molecule has 6 aromatic carbocycles. The van der Waals surface area contributed by atoms with Crippen LogP contribution in [0, 0.1) is 18.3 Å². The topological polar surface area (TPSA) is 40.8 Å². The second-order valence-corrected chi connectivity index (χ2v) is 10.8. The first-order chi connectivity index (χ1) is 20.1. The van der Waals surface area contributed by atoms with Gasteiger partial charge < -0.3 is 4.42 Å². The zero-order valence-electron chi connectivity index (χ0n) is 22.8. The minimum absolute atomic E-state index is 0.602. The van der Waals surface area contributed by atoms with Crippen LogP contribution in [0.15, 0.2) is 120 Å². The number of pyridine rings is 1. The van der Waals surface area contributed by atoms with Crippen molar-refractivity contribution >= 4 is 54.3 Å². The van der Waals surface area contributed by atoms with Crippen LogP contribution in [-0.2, 0) is 7.05 Å². The van der Waals surface area contributed by atoms with Gasteiger partial charge in [0, 0.05) is 28.5 Å². The molecule has 0 aliphatic rings. The normalized spacial score (nSPS) is 11.6. The molecule has 41 heavy (non-hydrogen) atoms. The fraction of sp³-hybridized carbons (Fsp3) is 0.0526. The van der Waals surface area contributed by atoms with E-state index in [1.807, 2.05) is 18.2 Å². The van der Waals surface area contributed by atoms with E-state index < -0.39 is 0 Å². The van der Waals surface area contributed by atoms with E-state index in [9.17, 15) is 5.26 Å². The van der Waals surface area contributed by atoms with E-state index in [0.29, 0.717) is 5.56 Å². The third-order valence-corrected chi connectivity index (χ3v) is 8.49. The summed E-state index contributed by atoms with van der Waals surface area (Å²) in [6, 6.07) is 40.6. The molecule has 0 aliphatic heterocycles. The van der Waals surface area contributed by atoms with Crippen molar-refractivity contribution in [3.63, 3.8) is 0 Å². The van der Waals surface area contributed by atoms with E-state index in [1.54, 1.807) is 0 Å². The Bertz CT molecular complexity index is 2410. The van der Waals surface area contributed by atoms with Crippen molar-refractivity contribution in [3.8, 4) is 28.5 Å². The smallest absolute Gasteiger partial charge is 0.216 e. The number of furan rings is 1. The van der Waals surface area contributed by atoms with Gasteiger partial charge in [-0.1, -0.05) is 72.8 Å². The van der Waals surface area contributed by atoms with Crippen molar-refractivity contribution < 1.29 is 8.98 Å². The number of benzene rings is 6. The summed E-state index contributed by atoms with van der Waals surface area (Å²) in [7, 11) is 2.06. The Labute approximate surface area is 237 Å². The van der Waals surface area contributed by atoms with E-state index in [-0.39, 0.29) is 0 Å². The summed E-state index contributed by atoms with van der Waals surface area (Å²) in [5.41, 5.74) is 7.33. The predicted molar refractivity (Wildman–Crippen MR) is 168 cm³/mol. The van der Waals surface area contributed by atoms with Crippen molar-refractivity contribution in [1.29, 1.82) is 5.26 Å². The SMILES string of the molecule is Cc1ccc2c(oc3c(-c4cc5c6ccccc6ccc5c5ccccc45)c(C#N)ccc32)c1-c1cccc[n+]1C. The summed E-state index contributed by atoms with van der Waals surface area (Å²) in [5, 5.41) is 19.5. The number of fused-ring (bicyclic) bond motifs is 8. The fourth-order valence-corrected chi connectivity index (χ4v) is 6.53. The van der Waals surface area contributed by atoms with Crippen LogP contribution in [0.5, 0.6) is 0 Å². The Balaban J connectivity index is 1.55. The summed E-state index contributed by atoms with van der Waals surface area (Å²) in [6.45, 7) is 2.12. The Morgan fingerprint density at radius 3 is 2.07 bits per heavy atom. The van der Waals surface area contributed by atoms with E-state index in [2.05, 4.69) is 122 Å². The average Bonchev–Trinajstić information content (AvgIpc) is 3.39. The van der Waals surface area contributed by atoms with Crippen LogP contribution >= 0.6 is 0 Å². The van der Waals surface area contributed by atoms with Crippen LogP contribution in [0.4, 0.5) is 0 Å². The molecular weight excluding hydrogens is 500 g/mol. The zero-order chi connectivity index (χ0) is 27.7. The van der Waals surface area contributed by atoms with Gasteiger partial charge in [-0.15, -0.1) is 0 Å². The highest BCUT2D eigenvalue weighted by molar-refractivity contribution is 6.23. The van der Waals surface area contributed by atoms with Gasteiger partial charge in [0.25, 0.3) is 0 Å². The van der Waals surface area contributed by atoms with E-state index in [1.165, 1.54) is 21.5 Å². The standard InChI is InChI=1S/C38H25N2O/c1-23-14-17-30-31-19-16-25(22-39)36(38(31)41-37(30)35(23)34-13-7-8-20-40(34)2)33-21-32-26-10-4-3-9-24(26)15-18-29(32)27-11-5-6-12-28(27)33/h3-21H,1-2H3/q+1. The summed E-state index contributed by atoms with van der Waals surface area (Å²) in [6.07, 6.45) is 2.06. The summed E-state index contributed by atoms with van der Waals surface area (Å²) in [4.78, 5) is 0. The molecule has 0 aliphatic carbocycles. The largest absolute Gasteiger partial charge is 0.454 e. The Morgan fingerprint density at radius 1 is 0.610 bits per heavy atom. The lowest BCUT2D eigenvalue weighted by molar-refractivity contribution is -0.660. The van der Waals surface area contributed by atoms with Crippen LogP contribution in [0.25, 0.3) is 76.6 Å². The van der Waals surface area contributed by atoms with Crippen molar-refractivity contribution in [1.82, 2.24) is 0 Å². The molecule has 0 radical (unpaired) electrons. The predicted octanol–water partition coefficient (Wildman–Crippen LogP) is 9.38. The van der Waals surface area contributed by atoms with Gasteiger partial charge >= 0.3 is 0 Å². The molecule has 8 aromatic rings. The number of hydrogen-bond donors (Lipinski definition) is 0. The number of nitriles is 1. The van der Waals surface area contributed by atoms with Gasteiger partial charge in [-0.25, -0.2) is 4.57 Å². The van der Waals surface area contributed by atoms with Crippen LogP contribution in [0.2, 0.25) is 0 Å². The maximum Gasteiger partial charge on any atom is 0.216 e. The maximum atomic E-state index is 10.4. The monoisotopic (exact) mass is 525 g/mol. The van der Waals surface area contributed by atoms with Crippen LogP contribution in [-0.4, -0.2) is 0 Å². The first-order valence-electron chi connectivity index (χ1n) is 13.8. The summed E-state index contributed by atoms with van der Waals surface area (Å²) < 4.78 is 9.01. The molecule has 2 aromatic heterocycles. The highest BCUT2D eigenvalue weighted by Gasteiger charge is 2.24. The number of hydrogen-bond acceptors (Lipinski definition) is 2. The van der Waals surface area contributed by atoms with Crippen LogP contribution in [0.3, 0.4) is 0 Å². The molecule has 0 N–H and O–H groups in total. The molecular formula is C38H25N2O+. The first-order valence-corrected chi connectivity index (χ1v) is 13.8. The van der Waals surface area contributed by atoms with Crippen LogP contribution < -0.4 is 4.57 Å². The molecule has 3 heteroatoms. The molecule has 0 unspecified atom stereocenters. The molecule has 0 saturated carbocycles. The molecule has 0 spiro atoms. The van der Waals surface area contributed by atoms with E-state index in [4.69, 9.17) is 4.42 Å². The molecule has 0 fully saturated rings. The Hall–Kier alpha value is -5.46. The molecule has 0 amide bonds. The van der Waals surface area contributed by atoms with E-state index >= 15 is 0 Å². The molecule has 8 rings (SSSR count). The second-order valence-electron chi connectivity index (χ2n) is 10.8. The molecule has 192 valence electrons. The van der Waals surface area contributed by atoms with Crippen molar-refractivity contribution in [2.45, 2.75) is 6.92 Å². The van der Waals surface area contributed by atoms with Gasteiger partial charge in [0.1, 0.15) is 18.2 Å². The molecule has 3 nitrogen and oxygen atoms in total. The third kappa shape index (κ3) is 3.35. The van der Waals surface area contributed by atoms with Crippen molar-refractivity contribution in [2.24, 2.45) is 7.05 Å². The molecule has 0 saturated heterocycles. The average molecular weight is 526 g/mol. The quantitative estimate of drug-likeness (QED) is 0.167. The lowest BCUT2D eigenvalue weighted by Crippen LogP contribution is -2.30.